The average molecular weight is 351 g/mol. The maximum atomic E-state index is 12.7. The first-order chi connectivity index (χ1) is 9.82. The summed E-state index contributed by atoms with van der Waals surface area (Å²) in [5.74, 6) is 0.408. The molecule has 0 amide bonds. The van der Waals surface area contributed by atoms with Crippen molar-refractivity contribution in [2.75, 3.05) is 19.3 Å². The SMILES string of the molecule is CN(CC1CCCCC1)S(=O)(=O)c1c(N)cc(Cl)cc1Cl. The zero-order chi connectivity index (χ0) is 15.6. The van der Waals surface area contributed by atoms with Crippen LogP contribution in [0.5, 0.6) is 0 Å². The highest BCUT2D eigenvalue weighted by atomic mass is 35.5. The Labute approximate surface area is 136 Å². The van der Waals surface area contributed by atoms with Crippen LogP contribution >= 0.6 is 23.2 Å². The van der Waals surface area contributed by atoms with E-state index in [0.29, 0.717) is 17.5 Å². The molecule has 1 aromatic rings. The Morgan fingerprint density at radius 1 is 1.24 bits per heavy atom. The summed E-state index contributed by atoms with van der Waals surface area (Å²) in [4.78, 5) is -0.0492. The fourth-order valence-electron chi connectivity index (χ4n) is 2.84. The van der Waals surface area contributed by atoms with Gasteiger partial charge in [-0.1, -0.05) is 42.5 Å². The molecule has 0 bridgehead atoms. The van der Waals surface area contributed by atoms with Crippen LogP contribution in [0, 0.1) is 5.92 Å². The number of nitrogens with two attached hydrogens (primary N) is 1. The van der Waals surface area contributed by atoms with Gasteiger partial charge in [0.2, 0.25) is 10.0 Å². The number of hydrogen-bond acceptors (Lipinski definition) is 3. The first-order valence-corrected chi connectivity index (χ1v) is 9.23. The lowest BCUT2D eigenvalue weighted by Crippen LogP contribution is -2.33. The molecule has 21 heavy (non-hydrogen) atoms. The van der Waals surface area contributed by atoms with E-state index >= 15 is 0 Å². The number of anilines is 1. The molecule has 4 nitrogen and oxygen atoms in total. The highest BCUT2D eigenvalue weighted by Crippen LogP contribution is 2.34. The van der Waals surface area contributed by atoms with Crippen LogP contribution in [0.15, 0.2) is 17.0 Å². The molecule has 1 fully saturated rings. The van der Waals surface area contributed by atoms with Crippen LogP contribution in [0.25, 0.3) is 0 Å². The summed E-state index contributed by atoms with van der Waals surface area (Å²) >= 11 is 11.9. The van der Waals surface area contributed by atoms with Crippen molar-refractivity contribution in [2.24, 2.45) is 5.92 Å². The molecule has 1 aliphatic rings. The van der Waals surface area contributed by atoms with E-state index in [4.69, 9.17) is 28.9 Å². The Balaban J connectivity index is 2.24. The Hall–Kier alpha value is -0.490. The molecule has 0 saturated heterocycles. The van der Waals surface area contributed by atoms with Gasteiger partial charge >= 0.3 is 0 Å². The van der Waals surface area contributed by atoms with Crippen molar-refractivity contribution >= 4 is 38.9 Å². The van der Waals surface area contributed by atoms with Gasteiger partial charge in [-0.15, -0.1) is 0 Å². The van der Waals surface area contributed by atoms with Gasteiger partial charge in [0.05, 0.1) is 10.7 Å². The van der Waals surface area contributed by atoms with Crippen molar-refractivity contribution in [3.63, 3.8) is 0 Å². The number of hydrogen-bond donors (Lipinski definition) is 1. The lowest BCUT2D eigenvalue weighted by Gasteiger charge is -2.27. The monoisotopic (exact) mass is 350 g/mol. The van der Waals surface area contributed by atoms with Gasteiger partial charge in [-0.25, -0.2) is 12.7 Å². The minimum atomic E-state index is -3.70. The van der Waals surface area contributed by atoms with Crippen molar-refractivity contribution in [1.29, 1.82) is 0 Å². The Morgan fingerprint density at radius 3 is 2.43 bits per heavy atom. The fraction of sp³-hybridized carbons (Fsp3) is 0.571. The summed E-state index contributed by atoms with van der Waals surface area (Å²) in [5.41, 5.74) is 5.89. The number of nitrogen functional groups attached to an aromatic ring is 1. The molecule has 7 heteroatoms. The zero-order valence-corrected chi connectivity index (χ0v) is 14.3. The smallest absolute Gasteiger partial charge is 0.246 e. The third-order valence-electron chi connectivity index (χ3n) is 3.95. The van der Waals surface area contributed by atoms with Gasteiger partial charge in [0, 0.05) is 18.6 Å². The van der Waals surface area contributed by atoms with Crippen molar-refractivity contribution in [1.82, 2.24) is 4.31 Å². The van der Waals surface area contributed by atoms with Crippen LogP contribution < -0.4 is 5.73 Å². The third kappa shape index (κ3) is 3.83. The van der Waals surface area contributed by atoms with Gasteiger partial charge in [-0.05, 0) is 30.9 Å². The Bertz CT molecular complexity index is 590. The summed E-state index contributed by atoms with van der Waals surface area (Å²) in [5, 5.41) is 0.391. The van der Waals surface area contributed by atoms with Crippen molar-refractivity contribution < 1.29 is 8.42 Å². The minimum absolute atomic E-state index is 0.0492. The van der Waals surface area contributed by atoms with E-state index in [1.54, 1.807) is 7.05 Å². The van der Waals surface area contributed by atoms with E-state index in [9.17, 15) is 8.42 Å². The molecule has 0 radical (unpaired) electrons. The van der Waals surface area contributed by atoms with Gasteiger partial charge in [-0.3, -0.25) is 0 Å². The van der Waals surface area contributed by atoms with Crippen LogP contribution in [0.4, 0.5) is 5.69 Å². The molecule has 2 rings (SSSR count). The molecule has 2 N–H and O–H groups in total. The fourth-order valence-corrected chi connectivity index (χ4v) is 5.02. The molecule has 118 valence electrons. The largest absolute Gasteiger partial charge is 0.398 e. The van der Waals surface area contributed by atoms with Gasteiger partial charge in [0.1, 0.15) is 4.90 Å². The van der Waals surface area contributed by atoms with Gasteiger partial charge in [-0.2, -0.15) is 0 Å². The van der Waals surface area contributed by atoms with Gasteiger partial charge in [0.15, 0.2) is 0 Å². The summed E-state index contributed by atoms with van der Waals surface area (Å²) in [6, 6.07) is 2.82. The van der Waals surface area contributed by atoms with Crippen LogP contribution in [-0.4, -0.2) is 26.3 Å². The highest BCUT2D eigenvalue weighted by molar-refractivity contribution is 7.89. The van der Waals surface area contributed by atoms with Crippen molar-refractivity contribution in [2.45, 2.75) is 37.0 Å². The molecule has 1 aromatic carbocycles. The zero-order valence-electron chi connectivity index (χ0n) is 12.0. The standard InChI is InChI=1S/C14H20Cl2N2O2S/c1-18(9-10-5-3-2-4-6-10)21(19,20)14-12(16)7-11(15)8-13(14)17/h7-8,10H,2-6,9,17H2,1H3. The van der Waals surface area contributed by atoms with Crippen LogP contribution in [-0.2, 0) is 10.0 Å². The molecule has 0 spiro atoms. The summed E-state index contributed by atoms with van der Waals surface area (Å²) < 4.78 is 26.7. The summed E-state index contributed by atoms with van der Waals surface area (Å²) in [6.45, 7) is 0.501. The maximum absolute atomic E-state index is 12.7. The minimum Gasteiger partial charge on any atom is -0.398 e. The second-order valence-corrected chi connectivity index (χ2v) is 8.42. The van der Waals surface area contributed by atoms with Gasteiger partial charge in [0.25, 0.3) is 0 Å². The number of benzene rings is 1. The molecule has 0 aliphatic heterocycles. The van der Waals surface area contributed by atoms with Crippen molar-refractivity contribution in [3.8, 4) is 0 Å². The molecular formula is C14H20Cl2N2O2S. The van der Waals surface area contributed by atoms with E-state index in [2.05, 4.69) is 0 Å². The summed E-state index contributed by atoms with van der Waals surface area (Å²) in [6.07, 6.45) is 5.72. The number of rotatable bonds is 4. The first-order valence-electron chi connectivity index (χ1n) is 7.03. The topological polar surface area (TPSA) is 63.4 Å². The first kappa shape index (κ1) is 16.9. The average Bonchev–Trinajstić information content (AvgIpc) is 2.38. The van der Waals surface area contributed by atoms with E-state index in [1.165, 1.54) is 35.7 Å². The molecule has 0 aromatic heterocycles. The second-order valence-electron chi connectivity index (χ2n) is 5.60. The maximum Gasteiger partial charge on any atom is 0.246 e. The van der Waals surface area contributed by atoms with E-state index in [-0.39, 0.29) is 15.6 Å². The van der Waals surface area contributed by atoms with E-state index < -0.39 is 10.0 Å². The molecule has 1 aliphatic carbocycles. The van der Waals surface area contributed by atoms with Crippen LogP contribution in [0.2, 0.25) is 10.0 Å². The molecule has 1 saturated carbocycles. The number of halogens is 2. The lowest BCUT2D eigenvalue weighted by atomic mass is 9.89. The second kappa shape index (κ2) is 6.73. The lowest BCUT2D eigenvalue weighted by molar-refractivity contribution is 0.300. The molecule has 0 atom stereocenters. The van der Waals surface area contributed by atoms with Gasteiger partial charge < -0.3 is 5.73 Å². The predicted octanol–water partition coefficient (Wildman–Crippen LogP) is 3.78. The Morgan fingerprint density at radius 2 is 1.86 bits per heavy atom. The molecule has 0 heterocycles. The van der Waals surface area contributed by atoms with Crippen LogP contribution in [0.1, 0.15) is 32.1 Å². The molecule has 0 unspecified atom stereocenters. The Kier molecular flexibility index (Phi) is 5.41. The quantitative estimate of drug-likeness (QED) is 0.840. The van der Waals surface area contributed by atoms with E-state index in [0.717, 1.165) is 12.8 Å². The number of nitrogens with zero attached hydrogens (tertiary/aromatic N) is 1. The third-order valence-corrected chi connectivity index (χ3v) is 6.52. The summed E-state index contributed by atoms with van der Waals surface area (Å²) in [7, 11) is -2.12. The predicted molar refractivity (Wildman–Crippen MR) is 87.3 cm³/mol. The highest BCUT2D eigenvalue weighted by Gasteiger charge is 2.28. The normalized spacial score (nSPS) is 17.3. The van der Waals surface area contributed by atoms with Crippen LogP contribution in [0.3, 0.4) is 0 Å². The number of sulfonamides is 1. The van der Waals surface area contributed by atoms with Crippen molar-refractivity contribution in [3.05, 3.63) is 22.2 Å². The molecular weight excluding hydrogens is 331 g/mol. The van der Waals surface area contributed by atoms with E-state index in [1.807, 2.05) is 0 Å².